The molecule has 2 aromatic rings. The zero-order valence-corrected chi connectivity index (χ0v) is 8.76. The lowest BCUT2D eigenvalue weighted by molar-refractivity contribution is 0.888. The Hall–Kier alpha value is -1.30. The summed E-state index contributed by atoms with van der Waals surface area (Å²) in [6.45, 7) is 2.03. The molecule has 2 aromatic heterocycles. The van der Waals surface area contributed by atoms with E-state index in [1.807, 2.05) is 6.92 Å². The number of hydrogen-bond donors (Lipinski definition) is 1. The maximum absolute atomic E-state index is 11.2. The Balaban J connectivity index is 2.61. The number of nitrogens with one attached hydrogen (secondary N) is 1. The number of aromatic nitrogens is 4. The molecule has 2 heterocycles. The van der Waals surface area contributed by atoms with Gasteiger partial charge in [-0.1, -0.05) is 18.7 Å². The Kier molecular flexibility index (Phi) is 2.28. The summed E-state index contributed by atoms with van der Waals surface area (Å²) in [5.41, 5.74) is 1.17. The summed E-state index contributed by atoms with van der Waals surface area (Å²) < 4.78 is 1.50. The number of aryl methyl sites for hydroxylation is 1. The summed E-state index contributed by atoms with van der Waals surface area (Å²) in [5.74, 6) is 0.919. The van der Waals surface area contributed by atoms with Crippen molar-refractivity contribution in [3.8, 4) is 0 Å². The Morgan fingerprint density at radius 2 is 2.43 bits per heavy atom. The number of H-pyrrole nitrogens is 1. The Morgan fingerprint density at radius 1 is 1.64 bits per heavy atom. The Labute approximate surface area is 84.6 Å². The van der Waals surface area contributed by atoms with Crippen LogP contribution in [0.15, 0.2) is 16.1 Å². The maximum atomic E-state index is 11.2. The van der Waals surface area contributed by atoms with Crippen LogP contribution in [-0.4, -0.2) is 25.3 Å². The number of rotatable bonds is 2. The van der Waals surface area contributed by atoms with E-state index in [2.05, 4.69) is 15.0 Å². The van der Waals surface area contributed by atoms with Gasteiger partial charge in [-0.25, -0.2) is 14.8 Å². The van der Waals surface area contributed by atoms with Crippen molar-refractivity contribution >= 4 is 22.9 Å². The highest BCUT2D eigenvalue weighted by Gasteiger charge is 2.05. The molecule has 14 heavy (non-hydrogen) atoms. The van der Waals surface area contributed by atoms with E-state index in [-0.39, 0.29) is 5.69 Å². The van der Waals surface area contributed by atoms with Gasteiger partial charge in [0.15, 0.2) is 10.8 Å². The summed E-state index contributed by atoms with van der Waals surface area (Å²) in [4.78, 5) is 22.3. The van der Waals surface area contributed by atoms with E-state index in [1.54, 1.807) is 25.0 Å². The molecule has 0 amide bonds. The van der Waals surface area contributed by atoms with Crippen molar-refractivity contribution in [2.45, 2.75) is 12.1 Å². The van der Waals surface area contributed by atoms with E-state index in [0.29, 0.717) is 10.8 Å². The number of aromatic amines is 1. The largest absolute Gasteiger partial charge is 0.327 e. The van der Waals surface area contributed by atoms with Crippen LogP contribution in [0.2, 0.25) is 0 Å². The van der Waals surface area contributed by atoms with Crippen LogP contribution in [0, 0.1) is 0 Å². The minimum absolute atomic E-state index is 0.159. The van der Waals surface area contributed by atoms with Gasteiger partial charge in [0.2, 0.25) is 0 Å². The summed E-state index contributed by atoms with van der Waals surface area (Å²) >= 11 is 1.55. The number of thioether (sulfide) groups is 1. The van der Waals surface area contributed by atoms with Gasteiger partial charge in [-0.3, -0.25) is 9.55 Å². The monoisotopic (exact) mass is 210 g/mol. The highest BCUT2D eigenvalue weighted by Crippen LogP contribution is 2.13. The summed E-state index contributed by atoms with van der Waals surface area (Å²) in [6, 6.07) is 0. The summed E-state index contributed by atoms with van der Waals surface area (Å²) in [5, 5.41) is 0.696. The second-order valence-corrected chi connectivity index (χ2v) is 4.04. The average Bonchev–Trinajstić information content (AvgIpc) is 2.43. The van der Waals surface area contributed by atoms with E-state index in [4.69, 9.17) is 0 Å². The molecule has 5 nitrogen and oxygen atoms in total. The standard InChI is InChI=1S/C8H10N4OS/c1-3-14-7-9-4-5-6(10-7)11-8(13)12(5)2/h4H,3H2,1-2H3,(H,9,10,11,13). The molecule has 0 bridgehead atoms. The molecule has 0 fully saturated rings. The fourth-order valence-electron chi connectivity index (χ4n) is 1.19. The SMILES string of the molecule is CCSc1ncc2c(n1)[nH]c(=O)n2C. The van der Waals surface area contributed by atoms with Gasteiger partial charge in [0.1, 0.15) is 5.52 Å². The second kappa shape index (κ2) is 3.45. The first-order chi connectivity index (χ1) is 6.72. The molecule has 0 saturated carbocycles. The van der Waals surface area contributed by atoms with Gasteiger partial charge in [-0.15, -0.1) is 0 Å². The fourth-order valence-corrected chi connectivity index (χ4v) is 1.73. The van der Waals surface area contributed by atoms with Crippen molar-refractivity contribution in [2.75, 3.05) is 5.75 Å². The zero-order chi connectivity index (χ0) is 10.1. The van der Waals surface area contributed by atoms with Gasteiger partial charge in [-0.05, 0) is 5.75 Å². The van der Waals surface area contributed by atoms with Crippen LogP contribution in [0.1, 0.15) is 6.92 Å². The van der Waals surface area contributed by atoms with E-state index in [0.717, 1.165) is 11.3 Å². The van der Waals surface area contributed by atoms with Crippen LogP contribution in [0.5, 0.6) is 0 Å². The Morgan fingerprint density at radius 3 is 3.14 bits per heavy atom. The molecule has 74 valence electrons. The van der Waals surface area contributed by atoms with Gasteiger partial charge in [0, 0.05) is 7.05 Å². The zero-order valence-electron chi connectivity index (χ0n) is 7.94. The smallest absolute Gasteiger partial charge is 0.292 e. The first-order valence-electron chi connectivity index (χ1n) is 4.27. The van der Waals surface area contributed by atoms with Crippen LogP contribution < -0.4 is 5.69 Å². The van der Waals surface area contributed by atoms with Gasteiger partial charge in [-0.2, -0.15) is 0 Å². The maximum Gasteiger partial charge on any atom is 0.327 e. The van der Waals surface area contributed by atoms with E-state index in [9.17, 15) is 4.79 Å². The van der Waals surface area contributed by atoms with Crippen molar-refractivity contribution in [1.29, 1.82) is 0 Å². The van der Waals surface area contributed by atoms with Crippen LogP contribution in [0.25, 0.3) is 11.2 Å². The van der Waals surface area contributed by atoms with Gasteiger partial charge in [0.25, 0.3) is 0 Å². The quantitative estimate of drug-likeness (QED) is 0.587. The molecule has 0 aromatic carbocycles. The minimum atomic E-state index is -0.159. The van der Waals surface area contributed by atoms with Crippen molar-refractivity contribution in [2.24, 2.45) is 7.05 Å². The average molecular weight is 210 g/mol. The predicted octanol–water partition coefficient (Wildman–Crippen LogP) is 0.769. The van der Waals surface area contributed by atoms with Crippen LogP contribution in [0.4, 0.5) is 0 Å². The van der Waals surface area contributed by atoms with Gasteiger partial charge in [0.05, 0.1) is 6.20 Å². The molecular weight excluding hydrogens is 200 g/mol. The normalized spacial score (nSPS) is 11.0. The number of hydrogen-bond acceptors (Lipinski definition) is 4. The van der Waals surface area contributed by atoms with Gasteiger partial charge < -0.3 is 0 Å². The van der Waals surface area contributed by atoms with Crippen LogP contribution in [0.3, 0.4) is 0 Å². The van der Waals surface area contributed by atoms with Gasteiger partial charge >= 0.3 is 5.69 Å². The third kappa shape index (κ3) is 1.41. The molecule has 0 spiro atoms. The molecule has 0 radical (unpaired) electrons. The number of nitrogens with zero attached hydrogens (tertiary/aromatic N) is 3. The third-order valence-electron chi connectivity index (χ3n) is 1.91. The van der Waals surface area contributed by atoms with Crippen molar-refractivity contribution in [3.05, 3.63) is 16.7 Å². The molecule has 0 aliphatic heterocycles. The molecule has 0 saturated heterocycles. The first-order valence-corrected chi connectivity index (χ1v) is 5.25. The molecule has 0 atom stereocenters. The van der Waals surface area contributed by atoms with E-state index in [1.165, 1.54) is 4.57 Å². The lowest BCUT2D eigenvalue weighted by Gasteiger charge is -1.96. The van der Waals surface area contributed by atoms with Crippen LogP contribution in [-0.2, 0) is 7.05 Å². The molecule has 0 aliphatic rings. The molecule has 1 N–H and O–H groups in total. The number of imidazole rings is 1. The van der Waals surface area contributed by atoms with E-state index < -0.39 is 0 Å². The summed E-state index contributed by atoms with van der Waals surface area (Å²) in [6.07, 6.45) is 1.66. The van der Waals surface area contributed by atoms with E-state index >= 15 is 0 Å². The molecule has 0 aliphatic carbocycles. The van der Waals surface area contributed by atoms with Crippen molar-refractivity contribution in [1.82, 2.24) is 19.5 Å². The van der Waals surface area contributed by atoms with Crippen LogP contribution >= 0.6 is 11.8 Å². The predicted molar refractivity (Wildman–Crippen MR) is 55.5 cm³/mol. The van der Waals surface area contributed by atoms with Crippen molar-refractivity contribution < 1.29 is 0 Å². The number of fused-ring (bicyclic) bond motifs is 1. The topological polar surface area (TPSA) is 63.6 Å². The summed E-state index contributed by atoms with van der Waals surface area (Å²) in [7, 11) is 1.69. The molecule has 6 heteroatoms. The lowest BCUT2D eigenvalue weighted by atomic mass is 10.5. The first kappa shape index (κ1) is 9.26. The second-order valence-electron chi connectivity index (χ2n) is 2.81. The van der Waals surface area contributed by atoms with Crippen molar-refractivity contribution in [3.63, 3.8) is 0 Å². The highest BCUT2D eigenvalue weighted by atomic mass is 32.2. The molecule has 0 unspecified atom stereocenters. The lowest BCUT2D eigenvalue weighted by Crippen LogP contribution is -2.11. The molecular formula is C8H10N4OS. The Bertz CT molecular complexity index is 516. The molecule has 2 rings (SSSR count). The highest BCUT2D eigenvalue weighted by molar-refractivity contribution is 7.99. The minimum Gasteiger partial charge on any atom is -0.292 e. The third-order valence-corrected chi connectivity index (χ3v) is 2.66. The fraction of sp³-hybridized carbons (Fsp3) is 0.375.